The van der Waals surface area contributed by atoms with Crippen molar-refractivity contribution in [1.29, 1.82) is 0 Å². The second-order valence-electron chi connectivity index (χ2n) is 5.93. The average molecular weight is 357 g/mol. The minimum absolute atomic E-state index is 0.0304. The van der Waals surface area contributed by atoms with Crippen molar-refractivity contribution in [2.75, 3.05) is 13.1 Å². The third-order valence-electron chi connectivity index (χ3n) is 4.46. The first-order valence-electron chi connectivity index (χ1n) is 8.13. The van der Waals surface area contributed by atoms with Crippen LogP contribution in [-0.4, -0.2) is 65.0 Å². The number of hydrogen-bond acceptors (Lipinski definition) is 6. The predicted molar refractivity (Wildman–Crippen MR) is 91.4 cm³/mol. The molecule has 3 aromatic rings. The molecule has 1 aliphatic rings. The molecule has 0 atom stereocenters. The van der Waals surface area contributed by atoms with E-state index in [0.29, 0.717) is 11.6 Å². The molecule has 10 heteroatoms. The Morgan fingerprint density at radius 1 is 1.23 bits per heavy atom. The largest absolute Gasteiger partial charge is 0.483 e. The van der Waals surface area contributed by atoms with Crippen molar-refractivity contribution >= 4 is 23.4 Å². The van der Waals surface area contributed by atoms with Crippen molar-refractivity contribution in [2.45, 2.75) is 18.9 Å². The molecule has 26 heavy (non-hydrogen) atoms. The molecule has 0 unspecified atom stereocenters. The molecule has 1 amide bonds. The van der Waals surface area contributed by atoms with Crippen molar-refractivity contribution in [2.24, 2.45) is 7.05 Å². The summed E-state index contributed by atoms with van der Waals surface area (Å²) < 4.78 is 3.75. The number of aryl methyl sites for hydroxylation is 1. The van der Waals surface area contributed by atoms with Gasteiger partial charge < -0.3 is 14.6 Å². The Morgan fingerprint density at radius 3 is 2.54 bits per heavy atom. The van der Waals surface area contributed by atoms with Gasteiger partial charge in [-0.3, -0.25) is 19.3 Å². The van der Waals surface area contributed by atoms with Gasteiger partial charge in [0.15, 0.2) is 0 Å². The van der Waals surface area contributed by atoms with Crippen LogP contribution >= 0.6 is 0 Å². The van der Waals surface area contributed by atoms with E-state index >= 15 is 0 Å². The fraction of sp³-hybridized carbons (Fsp3) is 0.375. The Kier molecular flexibility index (Phi) is 5.20. The van der Waals surface area contributed by atoms with Crippen molar-refractivity contribution in [3.05, 3.63) is 36.7 Å². The van der Waals surface area contributed by atoms with Crippen LogP contribution in [0.3, 0.4) is 0 Å². The van der Waals surface area contributed by atoms with E-state index in [4.69, 9.17) is 9.90 Å². The fourth-order valence-corrected chi connectivity index (χ4v) is 3.09. The molecule has 1 saturated heterocycles. The van der Waals surface area contributed by atoms with E-state index < -0.39 is 0 Å². The second kappa shape index (κ2) is 7.72. The van der Waals surface area contributed by atoms with Gasteiger partial charge in [-0.2, -0.15) is 5.10 Å². The zero-order valence-electron chi connectivity index (χ0n) is 14.3. The first kappa shape index (κ1) is 17.5. The Labute approximate surface area is 149 Å². The van der Waals surface area contributed by atoms with E-state index in [-0.39, 0.29) is 12.4 Å². The molecular formula is C16H19N7O3. The molecule has 3 aromatic heterocycles. The number of carbonyl (C=O) groups is 2. The minimum Gasteiger partial charge on any atom is -0.483 e. The molecule has 0 bridgehead atoms. The highest BCUT2D eigenvalue weighted by atomic mass is 16.3. The molecule has 0 saturated carbocycles. The van der Waals surface area contributed by atoms with Crippen LogP contribution in [-0.2, 0) is 11.8 Å². The molecule has 1 N–H and O–H groups in total. The number of hydrogen-bond donors (Lipinski definition) is 1. The van der Waals surface area contributed by atoms with Crippen molar-refractivity contribution < 1.29 is 14.7 Å². The first-order valence-corrected chi connectivity index (χ1v) is 8.13. The number of amides is 1. The monoisotopic (exact) mass is 357 g/mol. The molecule has 0 spiro atoms. The van der Waals surface area contributed by atoms with Crippen LogP contribution in [0.25, 0.3) is 11.0 Å². The van der Waals surface area contributed by atoms with Gasteiger partial charge in [0, 0.05) is 32.4 Å². The van der Waals surface area contributed by atoms with Crippen molar-refractivity contribution in [3.63, 3.8) is 0 Å². The van der Waals surface area contributed by atoms with Crippen LogP contribution in [0, 0.1) is 0 Å². The quantitative estimate of drug-likeness (QED) is 0.672. The molecule has 1 fully saturated rings. The summed E-state index contributed by atoms with van der Waals surface area (Å²) in [7, 11) is 1.85. The number of fused-ring (bicyclic) bond motifs is 1. The minimum atomic E-state index is -0.250. The van der Waals surface area contributed by atoms with Gasteiger partial charge in [-0.1, -0.05) is 0 Å². The fourth-order valence-electron chi connectivity index (χ4n) is 3.09. The molecule has 4 rings (SSSR count). The normalized spacial score (nSPS) is 14.7. The zero-order chi connectivity index (χ0) is 18.5. The van der Waals surface area contributed by atoms with Crippen molar-refractivity contribution in [1.82, 2.24) is 34.4 Å². The van der Waals surface area contributed by atoms with Gasteiger partial charge in [0.1, 0.15) is 18.2 Å². The summed E-state index contributed by atoms with van der Waals surface area (Å²) in [6, 6.07) is 2.23. The average Bonchev–Trinajstić information content (AvgIpc) is 3.32. The highest BCUT2D eigenvalue weighted by Crippen LogP contribution is 2.23. The predicted octanol–water partition coefficient (Wildman–Crippen LogP) is 0.738. The number of likely N-dealkylation sites (tertiary alicyclic amines) is 1. The summed E-state index contributed by atoms with van der Waals surface area (Å²) in [6.45, 7) is 1.20. The van der Waals surface area contributed by atoms with Crippen LogP contribution in [0.1, 0.15) is 29.2 Å². The maximum atomic E-state index is 12.7. The van der Waals surface area contributed by atoms with E-state index in [1.165, 1.54) is 0 Å². The third kappa shape index (κ3) is 3.53. The maximum Gasteiger partial charge on any atom is 0.290 e. The van der Waals surface area contributed by atoms with E-state index in [1.54, 1.807) is 29.7 Å². The topological polar surface area (TPSA) is 119 Å². The molecule has 0 aliphatic carbocycles. The van der Waals surface area contributed by atoms with Crippen LogP contribution < -0.4 is 0 Å². The van der Waals surface area contributed by atoms with Gasteiger partial charge in [-0.25, -0.2) is 0 Å². The number of piperidine rings is 1. The molecule has 136 valence electrons. The van der Waals surface area contributed by atoms with Crippen LogP contribution in [0.5, 0.6) is 0 Å². The number of rotatable bonds is 2. The number of aromatic nitrogens is 6. The number of carboxylic acid groups (broad SMARTS) is 1. The molecular weight excluding hydrogens is 338 g/mol. The third-order valence-corrected chi connectivity index (χ3v) is 4.46. The van der Waals surface area contributed by atoms with Crippen LogP contribution in [0.4, 0.5) is 0 Å². The van der Waals surface area contributed by atoms with Crippen LogP contribution in [0.15, 0.2) is 31.1 Å². The molecule has 10 nitrogen and oxygen atoms in total. The number of carbonyl (C=O) groups excluding carboxylic acids is 1. The number of nitrogens with zero attached hydrogens (tertiary/aromatic N) is 7. The van der Waals surface area contributed by atoms with Crippen molar-refractivity contribution in [3.8, 4) is 0 Å². The summed E-state index contributed by atoms with van der Waals surface area (Å²) in [6.07, 6.45) is 8.63. The Bertz CT molecular complexity index is 883. The Morgan fingerprint density at radius 2 is 1.88 bits per heavy atom. The van der Waals surface area contributed by atoms with Gasteiger partial charge in [0.05, 0.1) is 17.3 Å². The zero-order valence-corrected chi connectivity index (χ0v) is 14.3. The SMILES string of the molecule is Cn1ncc2ncc(C(=O)N3CCC(n4cnnc4)CC3)cc21.O=CO. The highest BCUT2D eigenvalue weighted by Gasteiger charge is 2.25. The first-order chi connectivity index (χ1) is 12.6. The Balaban J connectivity index is 0.000000613. The molecule has 1 aliphatic heterocycles. The van der Waals surface area contributed by atoms with E-state index in [9.17, 15) is 4.79 Å². The summed E-state index contributed by atoms with van der Waals surface area (Å²) >= 11 is 0. The lowest BCUT2D eigenvalue weighted by Crippen LogP contribution is -2.39. The lowest BCUT2D eigenvalue weighted by molar-refractivity contribution is -0.122. The van der Waals surface area contributed by atoms with Gasteiger partial charge in [-0.15, -0.1) is 10.2 Å². The van der Waals surface area contributed by atoms with E-state index in [2.05, 4.69) is 20.3 Å². The lowest BCUT2D eigenvalue weighted by Gasteiger charge is -2.32. The van der Waals surface area contributed by atoms with Crippen LogP contribution in [0.2, 0.25) is 0 Å². The molecule has 4 heterocycles. The second-order valence-corrected chi connectivity index (χ2v) is 5.93. The molecule has 0 aromatic carbocycles. The smallest absolute Gasteiger partial charge is 0.290 e. The van der Waals surface area contributed by atoms with E-state index in [0.717, 1.165) is 37.0 Å². The molecule has 0 radical (unpaired) electrons. The maximum absolute atomic E-state index is 12.7. The lowest BCUT2D eigenvalue weighted by atomic mass is 10.0. The summed E-state index contributed by atoms with van der Waals surface area (Å²) in [5, 5.41) is 18.7. The van der Waals surface area contributed by atoms with Gasteiger partial charge in [0.25, 0.3) is 12.4 Å². The van der Waals surface area contributed by atoms with E-state index in [1.807, 2.05) is 22.6 Å². The summed E-state index contributed by atoms with van der Waals surface area (Å²) in [5.41, 5.74) is 2.29. The number of pyridine rings is 1. The highest BCUT2D eigenvalue weighted by molar-refractivity contribution is 5.96. The van der Waals surface area contributed by atoms with Gasteiger partial charge in [0.2, 0.25) is 0 Å². The van der Waals surface area contributed by atoms with Gasteiger partial charge in [-0.05, 0) is 18.9 Å². The van der Waals surface area contributed by atoms with Gasteiger partial charge >= 0.3 is 0 Å². The Hall–Kier alpha value is -3.30. The summed E-state index contributed by atoms with van der Waals surface area (Å²) in [5.74, 6) is 0.0304. The standard InChI is InChI=1S/C15H17N7O.CH2O2/c1-20-14-6-11(7-16-13(14)8-19-20)15(23)21-4-2-12(3-5-21)22-9-17-18-10-22;2-1-3/h6-10,12H,2-5H2,1H3;1H,(H,2,3). The summed E-state index contributed by atoms with van der Waals surface area (Å²) in [4.78, 5) is 27.3.